The number of thiophene rings is 1. The van der Waals surface area contributed by atoms with Gasteiger partial charge in [0.2, 0.25) is 0 Å². The van der Waals surface area contributed by atoms with Gasteiger partial charge in [0, 0.05) is 10.8 Å². The van der Waals surface area contributed by atoms with Crippen LogP contribution in [0.1, 0.15) is 43.0 Å². The molecule has 0 spiro atoms. The van der Waals surface area contributed by atoms with Crippen LogP contribution in [0.4, 0.5) is 0 Å². The van der Waals surface area contributed by atoms with E-state index in [1.807, 2.05) is 25.2 Å². The Balaban J connectivity index is 2.00. The summed E-state index contributed by atoms with van der Waals surface area (Å²) >= 11 is 1.82. The van der Waals surface area contributed by atoms with Crippen molar-refractivity contribution in [3.8, 4) is 0 Å². The minimum atomic E-state index is -0.351. The van der Waals surface area contributed by atoms with Crippen molar-refractivity contribution >= 4 is 11.3 Å². The van der Waals surface area contributed by atoms with Gasteiger partial charge in [-0.25, -0.2) is 0 Å². The van der Waals surface area contributed by atoms with Crippen LogP contribution in [0.25, 0.3) is 0 Å². The molecule has 1 N–H and O–H groups in total. The van der Waals surface area contributed by atoms with Crippen molar-refractivity contribution in [1.82, 2.24) is 0 Å². The maximum Gasteiger partial charge on any atom is 0.0842 e. The standard InChI is InChI=1S/C13H20O2S/c1-9(2)15-8-12(14)10-4-3-5-13-11(10)6-7-16-13/h6-7,9-10,12,14H,3-5,8H2,1-2H3. The lowest BCUT2D eigenvalue weighted by Crippen LogP contribution is -2.27. The molecule has 1 aliphatic carbocycles. The van der Waals surface area contributed by atoms with Gasteiger partial charge in [-0.15, -0.1) is 11.3 Å². The Hall–Kier alpha value is -0.380. The molecule has 0 aromatic carbocycles. The summed E-state index contributed by atoms with van der Waals surface area (Å²) in [6.07, 6.45) is 3.31. The minimum Gasteiger partial charge on any atom is -0.390 e. The fraction of sp³-hybridized carbons (Fsp3) is 0.692. The quantitative estimate of drug-likeness (QED) is 0.876. The number of hydrogen-bond donors (Lipinski definition) is 1. The zero-order valence-electron chi connectivity index (χ0n) is 9.98. The van der Waals surface area contributed by atoms with E-state index in [0.717, 1.165) is 6.42 Å². The summed E-state index contributed by atoms with van der Waals surface area (Å²) in [6, 6.07) is 2.17. The number of aliphatic hydroxyl groups excluding tert-OH is 1. The van der Waals surface area contributed by atoms with Gasteiger partial charge < -0.3 is 9.84 Å². The first kappa shape index (κ1) is 12.1. The molecule has 90 valence electrons. The Morgan fingerprint density at radius 2 is 2.38 bits per heavy atom. The number of rotatable bonds is 4. The molecule has 2 nitrogen and oxygen atoms in total. The molecule has 3 heteroatoms. The van der Waals surface area contributed by atoms with E-state index in [2.05, 4.69) is 11.4 Å². The smallest absolute Gasteiger partial charge is 0.0842 e. The third kappa shape index (κ3) is 2.65. The Bertz CT molecular complexity index is 332. The summed E-state index contributed by atoms with van der Waals surface area (Å²) in [6.45, 7) is 4.46. The van der Waals surface area contributed by atoms with E-state index in [4.69, 9.17) is 4.74 Å². The van der Waals surface area contributed by atoms with Crippen molar-refractivity contribution in [2.75, 3.05) is 6.61 Å². The highest BCUT2D eigenvalue weighted by Crippen LogP contribution is 2.37. The van der Waals surface area contributed by atoms with Crippen LogP contribution in [-0.2, 0) is 11.2 Å². The van der Waals surface area contributed by atoms with Crippen molar-refractivity contribution in [1.29, 1.82) is 0 Å². The number of fused-ring (bicyclic) bond motifs is 1. The van der Waals surface area contributed by atoms with Gasteiger partial charge in [-0.2, -0.15) is 0 Å². The van der Waals surface area contributed by atoms with Crippen LogP contribution < -0.4 is 0 Å². The zero-order valence-corrected chi connectivity index (χ0v) is 10.8. The van der Waals surface area contributed by atoms with E-state index in [-0.39, 0.29) is 18.1 Å². The molecule has 0 bridgehead atoms. The van der Waals surface area contributed by atoms with Crippen LogP contribution in [0.15, 0.2) is 11.4 Å². The molecule has 0 amide bonds. The highest BCUT2D eigenvalue weighted by molar-refractivity contribution is 7.10. The third-order valence-electron chi connectivity index (χ3n) is 3.16. The number of aryl methyl sites for hydroxylation is 1. The number of aliphatic hydroxyl groups is 1. The summed E-state index contributed by atoms with van der Waals surface area (Å²) < 4.78 is 5.50. The van der Waals surface area contributed by atoms with Crippen LogP contribution in [0.3, 0.4) is 0 Å². The molecule has 2 unspecified atom stereocenters. The SMILES string of the molecule is CC(C)OCC(O)C1CCCc2sccc21. The van der Waals surface area contributed by atoms with Crippen LogP contribution in [0, 0.1) is 0 Å². The van der Waals surface area contributed by atoms with Crippen LogP contribution in [-0.4, -0.2) is 23.9 Å². The molecule has 2 atom stereocenters. The van der Waals surface area contributed by atoms with Gasteiger partial charge in [0.15, 0.2) is 0 Å². The van der Waals surface area contributed by atoms with E-state index in [1.165, 1.54) is 23.3 Å². The van der Waals surface area contributed by atoms with Gasteiger partial charge >= 0.3 is 0 Å². The van der Waals surface area contributed by atoms with Crippen molar-refractivity contribution in [3.05, 3.63) is 21.9 Å². The van der Waals surface area contributed by atoms with E-state index < -0.39 is 0 Å². The molecule has 16 heavy (non-hydrogen) atoms. The second-order valence-electron chi connectivity index (χ2n) is 4.75. The minimum absolute atomic E-state index is 0.195. The molecular weight excluding hydrogens is 220 g/mol. The molecule has 0 saturated carbocycles. The Labute approximate surface area is 101 Å². The molecule has 1 aliphatic rings. The molecule has 2 rings (SSSR count). The summed E-state index contributed by atoms with van der Waals surface area (Å²) in [7, 11) is 0. The number of hydrogen-bond acceptors (Lipinski definition) is 3. The first-order valence-electron chi connectivity index (χ1n) is 6.04. The lowest BCUT2D eigenvalue weighted by molar-refractivity contribution is -0.00758. The highest BCUT2D eigenvalue weighted by atomic mass is 32.1. The van der Waals surface area contributed by atoms with E-state index in [0.29, 0.717) is 6.61 Å². The maximum absolute atomic E-state index is 10.2. The predicted molar refractivity (Wildman–Crippen MR) is 67.1 cm³/mol. The average Bonchev–Trinajstić information content (AvgIpc) is 2.73. The van der Waals surface area contributed by atoms with Crippen molar-refractivity contribution in [2.24, 2.45) is 0 Å². The lowest BCUT2D eigenvalue weighted by Gasteiger charge is -2.27. The van der Waals surface area contributed by atoms with Crippen LogP contribution in [0.5, 0.6) is 0 Å². The fourth-order valence-corrected chi connectivity index (χ4v) is 3.33. The lowest BCUT2D eigenvalue weighted by atomic mass is 9.84. The highest BCUT2D eigenvalue weighted by Gasteiger charge is 2.27. The van der Waals surface area contributed by atoms with Gasteiger partial charge in [0.05, 0.1) is 18.8 Å². The van der Waals surface area contributed by atoms with Gasteiger partial charge in [0.1, 0.15) is 0 Å². The van der Waals surface area contributed by atoms with Crippen LogP contribution >= 0.6 is 11.3 Å². The topological polar surface area (TPSA) is 29.5 Å². The molecule has 0 aliphatic heterocycles. The van der Waals surface area contributed by atoms with E-state index in [9.17, 15) is 5.11 Å². The Morgan fingerprint density at radius 3 is 3.12 bits per heavy atom. The monoisotopic (exact) mass is 240 g/mol. The molecular formula is C13H20O2S. The zero-order chi connectivity index (χ0) is 11.5. The molecule has 1 heterocycles. The van der Waals surface area contributed by atoms with E-state index in [1.54, 1.807) is 0 Å². The molecule has 0 fully saturated rings. The Kier molecular flexibility index (Phi) is 4.00. The summed E-state index contributed by atoms with van der Waals surface area (Å²) in [5, 5.41) is 12.3. The Morgan fingerprint density at radius 1 is 1.56 bits per heavy atom. The van der Waals surface area contributed by atoms with Gasteiger partial charge in [-0.1, -0.05) is 0 Å². The van der Waals surface area contributed by atoms with Crippen molar-refractivity contribution in [3.63, 3.8) is 0 Å². The van der Waals surface area contributed by atoms with Crippen LogP contribution in [0.2, 0.25) is 0 Å². The molecule has 0 radical (unpaired) electrons. The third-order valence-corrected chi connectivity index (χ3v) is 4.16. The van der Waals surface area contributed by atoms with Gasteiger partial charge in [-0.3, -0.25) is 0 Å². The largest absolute Gasteiger partial charge is 0.390 e. The fourth-order valence-electron chi connectivity index (χ4n) is 2.33. The average molecular weight is 240 g/mol. The molecule has 1 aromatic rings. The maximum atomic E-state index is 10.2. The van der Waals surface area contributed by atoms with Gasteiger partial charge in [-0.05, 0) is 50.1 Å². The summed E-state index contributed by atoms with van der Waals surface area (Å²) in [5.41, 5.74) is 1.36. The van der Waals surface area contributed by atoms with E-state index >= 15 is 0 Å². The predicted octanol–water partition coefficient (Wildman–Crippen LogP) is 2.95. The first-order valence-corrected chi connectivity index (χ1v) is 6.92. The second-order valence-corrected chi connectivity index (χ2v) is 5.75. The second kappa shape index (κ2) is 5.30. The molecule has 0 saturated heterocycles. The molecule has 1 aromatic heterocycles. The summed E-state index contributed by atoms with van der Waals surface area (Å²) in [4.78, 5) is 1.46. The first-order chi connectivity index (χ1) is 7.68. The van der Waals surface area contributed by atoms with Gasteiger partial charge in [0.25, 0.3) is 0 Å². The normalized spacial score (nSPS) is 22.1. The number of ether oxygens (including phenoxy) is 1. The van der Waals surface area contributed by atoms with Crippen molar-refractivity contribution in [2.45, 2.75) is 51.2 Å². The summed E-state index contributed by atoms with van der Waals surface area (Å²) in [5.74, 6) is 0.286. The van der Waals surface area contributed by atoms with Crippen molar-refractivity contribution < 1.29 is 9.84 Å².